The van der Waals surface area contributed by atoms with Crippen LogP contribution in [0.2, 0.25) is 0 Å². The summed E-state index contributed by atoms with van der Waals surface area (Å²) in [5.74, 6) is -5.19. The van der Waals surface area contributed by atoms with Crippen molar-refractivity contribution in [1.82, 2.24) is 30.7 Å². The number of amides is 6. The summed E-state index contributed by atoms with van der Waals surface area (Å²) >= 11 is 0. The first-order chi connectivity index (χ1) is 29.1. The molecule has 7 N–H and O–H groups in total. The van der Waals surface area contributed by atoms with Gasteiger partial charge in [-0.05, 0) is 99.9 Å². The van der Waals surface area contributed by atoms with Crippen LogP contribution in [0.3, 0.4) is 0 Å². The van der Waals surface area contributed by atoms with Crippen LogP contribution in [0.1, 0.15) is 76.1 Å². The molecule has 2 heterocycles. The number of urea groups is 1. The highest BCUT2D eigenvalue weighted by molar-refractivity contribution is 6.00. The normalized spacial score (nSPS) is 15.0. The molecule has 17 heteroatoms. The molecule has 61 heavy (non-hydrogen) atoms. The van der Waals surface area contributed by atoms with Crippen LogP contribution in [0.5, 0.6) is 0 Å². The number of aromatic nitrogens is 1. The molecule has 1 aliphatic heterocycles. The number of nitrogens with zero attached hydrogens (tertiary/aromatic N) is 3. The van der Waals surface area contributed by atoms with Gasteiger partial charge in [0.2, 0.25) is 23.6 Å². The maximum Gasteiger partial charge on any atom is 0.323 e. The minimum absolute atomic E-state index is 0.0128. The van der Waals surface area contributed by atoms with Gasteiger partial charge in [0.25, 0.3) is 0 Å². The second-order valence-corrected chi connectivity index (χ2v) is 15.7. The third kappa shape index (κ3) is 15.6. The van der Waals surface area contributed by atoms with E-state index in [0.29, 0.717) is 48.6 Å². The fourth-order valence-electron chi connectivity index (χ4n) is 7.08. The Hall–Kier alpha value is -6.36. The Bertz CT molecular complexity index is 1980. The van der Waals surface area contributed by atoms with Crippen LogP contribution in [0.25, 0.3) is 0 Å². The summed E-state index contributed by atoms with van der Waals surface area (Å²) in [7, 11) is 0. The number of hydrogen-bond acceptors (Lipinski definition) is 9. The minimum atomic E-state index is -1.57. The molecule has 3 aromatic rings. The highest BCUT2D eigenvalue weighted by atomic mass is 16.4. The summed E-state index contributed by atoms with van der Waals surface area (Å²) in [4.78, 5) is 98.4. The molecule has 0 bridgehead atoms. The van der Waals surface area contributed by atoms with Crippen molar-refractivity contribution < 1.29 is 43.8 Å². The molecule has 1 aromatic heterocycles. The summed E-state index contributed by atoms with van der Waals surface area (Å²) in [6.45, 7) is 8.24. The van der Waals surface area contributed by atoms with Crippen molar-refractivity contribution in [3.63, 3.8) is 0 Å². The third-order valence-corrected chi connectivity index (χ3v) is 10.4. The number of benzene rings is 2. The van der Waals surface area contributed by atoms with Gasteiger partial charge in [-0.3, -0.25) is 38.7 Å². The van der Waals surface area contributed by atoms with Gasteiger partial charge in [-0.1, -0.05) is 50.2 Å². The van der Waals surface area contributed by atoms with Crippen LogP contribution in [0.4, 0.5) is 16.2 Å². The van der Waals surface area contributed by atoms with Crippen LogP contribution in [-0.4, -0.2) is 110 Å². The molecule has 0 aliphatic carbocycles. The van der Waals surface area contributed by atoms with Gasteiger partial charge >= 0.3 is 18.0 Å². The number of carbonyl (C=O) groups is 7. The van der Waals surface area contributed by atoms with Gasteiger partial charge in [-0.15, -0.1) is 0 Å². The molecule has 1 aliphatic rings. The Kier molecular flexibility index (Phi) is 18.2. The maximum absolute atomic E-state index is 13.9. The van der Waals surface area contributed by atoms with Gasteiger partial charge in [-0.25, -0.2) is 4.79 Å². The van der Waals surface area contributed by atoms with E-state index in [-0.39, 0.29) is 43.8 Å². The molecule has 0 unspecified atom stereocenters. The number of rotatable bonds is 22. The number of likely N-dealkylation sites (tertiary alicyclic amines) is 1. The van der Waals surface area contributed by atoms with Crippen LogP contribution in [-0.2, 0) is 41.7 Å². The number of nitrogens with one attached hydrogen (secondary N) is 5. The van der Waals surface area contributed by atoms with Gasteiger partial charge in [0.15, 0.2) is 0 Å². The highest BCUT2D eigenvalue weighted by Gasteiger charge is 2.36. The van der Waals surface area contributed by atoms with E-state index < -0.39 is 60.2 Å². The van der Waals surface area contributed by atoms with Crippen molar-refractivity contribution in [3.8, 4) is 0 Å². The predicted octanol–water partition coefficient (Wildman–Crippen LogP) is 3.93. The summed E-state index contributed by atoms with van der Waals surface area (Å²) in [5, 5.41) is 32.7. The number of unbranched alkanes of at least 4 members (excludes halogenated alkanes) is 1. The van der Waals surface area contributed by atoms with Crippen molar-refractivity contribution in [2.45, 2.75) is 103 Å². The minimum Gasteiger partial charge on any atom is -0.481 e. The standard InChI is InChI=1S/C44H58N8O9/c1-28(2)40(43(60)52-23-11-13-30(52)4)50-42(59)36(25-38(54)55)48-41(58)35(16-8-10-22-51(27-39(56)57)26-33-14-7-9-21-45-33)47-37(53)24-31-17-19-32(20-18-31)46-44(61)49-34-15-6-5-12-29(34)3/h5-7,9,12,14-15,17-21,28,30,35-36,40H,8,10-11,13,16,22-27H2,1-4H3,(H,47,53)(H,48,58)(H,50,59)(H,54,55)(H,56,57)(H2,46,49,61)/t30-,35+,36+,40+/m1/s1. The lowest BCUT2D eigenvalue weighted by Gasteiger charge is -2.31. The number of anilines is 2. The van der Waals surface area contributed by atoms with Crippen molar-refractivity contribution in [1.29, 1.82) is 0 Å². The molecule has 0 spiro atoms. The summed E-state index contributed by atoms with van der Waals surface area (Å²) in [5.41, 5.74) is 3.28. The number of para-hydroxylation sites is 1. The first-order valence-corrected chi connectivity index (χ1v) is 20.6. The molecular formula is C44H58N8O9. The first-order valence-electron chi connectivity index (χ1n) is 20.6. The number of carbonyl (C=O) groups excluding carboxylic acids is 5. The van der Waals surface area contributed by atoms with Crippen molar-refractivity contribution in [2.75, 3.05) is 30.3 Å². The molecule has 6 amide bonds. The summed E-state index contributed by atoms with van der Waals surface area (Å²) in [6.07, 6.45) is 3.18. The van der Waals surface area contributed by atoms with Crippen LogP contribution < -0.4 is 26.6 Å². The zero-order valence-corrected chi connectivity index (χ0v) is 35.2. The van der Waals surface area contributed by atoms with Crippen molar-refractivity contribution in [2.24, 2.45) is 5.92 Å². The lowest BCUT2D eigenvalue weighted by atomic mass is 10.0. The van der Waals surface area contributed by atoms with Crippen molar-refractivity contribution >= 4 is 53.0 Å². The van der Waals surface area contributed by atoms with Gasteiger partial charge in [0, 0.05) is 36.7 Å². The Morgan fingerprint density at radius 3 is 2.16 bits per heavy atom. The zero-order valence-electron chi connectivity index (χ0n) is 35.2. The quantitative estimate of drug-likeness (QED) is 0.0716. The van der Waals surface area contributed by atoms with Gasteiger partial charge in [0.05, 0.1) is 25.1 Å². The maximum atomic E-state index is 13.9. The van der Waals surface area contributed by atoms with E-state index in [1.165, 1.54) is 0 Å². The molecular weight excluding hydrogens is 785 g/mol. The molecule has 2 aromatic carbocycles. The third-order valence-electron chi connectivity index (χ3n) is 10.4. The van der Waals surface area contributed by atoms with Crippen LogP contribution in [0.15, 0.2) is 72.9 Å². The lowest BCUT2D eigenvalue weighted by Crippen LogP contribution is -2.58. The summed E-state index contributed by atoms with van der Waals surface area (Å²) < 4.78 is 0. The molecule has 1 saturated heterocycles. The van der Waals surface area contributed by atoms with E-state index in [0.717, 1.165) is 18.4 Å². The average molecular weight is 843 g/mol. The number of hydrogen-bond donors (Lipinski definition) is 7. The predicted molar refractivity (Wildman–Crippen MR) is 228 cm³/mol. The van der Waals surface area contributed by atoms with Gasteiger partial charge < -0.3 is 41.7 Å². The number of aliphatic carboxylic acids is 2. The van der Waals surface area contributed by atoms with Gasteiger partial charge in [-0.2, -0.15) is 0 Å². The number of carboxylic acid groups (broad SMARTS) is 2. The second kappa shape index (κ2) is 23.4. The molecule has 328 valence electrons. The number of carboxylic acids is 2. The van der Waals surface area contributed by atoms with Gasteiger partial charge in [0.1, 0.15) is 18.1 Å². The van der Waals surface area contributed by atoms with E-state index in [9.17, 15) is 43.8 Å². The average Bonchev–Trinajstić information content (AvgIpc) is 3.64. The van der Waals surface area contributed by atoms with E-state index >= 15 is 0 Å². The monoisotopic (exact) mass is 842 g/mol. The molecule has 4 atom stereocenters. The smallest absolute Gasteiger partial charge is 0.323 e. The fraction of sp³-hybridized carbons (Fsp3) is 0.455. The Morgan fingerprint density at radius 2 is 1.54 bits per heavy atom. The second-order valence-electron chi connectivity index (χ2n) is 15.7. The largest absolute Gasteiger partial charge is 0.481 e. The molecule has 1 fully saturated rings. The first kappa shape index (κ1) is 47.3. The molecule has 17 nitrogen and oxygen atoms in total. The Balaban J connectivity index is 1.45. The van der Waals surface area contributed by atoms with Crippen LogP contribution in [0, 0.1) is 12.8 Å². The molecule has 0 saturated carbocycles. The molecule has 4 rings (SSSR count). The SMILES string of the molecule is Cc1ccccc1NC(=O)Nc1ccc(CC(=O)N[C@@H](CCCCN(CC(=O)O)Cc2ccccn2)C(=O)N[C@@H](CC(=O)O)C(=O)N[C@H](C(=O)N2CCC[C@H]2C)C(C)C)cc1. The topological polar surface area (TPSA) is 239 Å². The highest BCUT2D eigenvalue weighted by Crippen LogP contribution is 2.20. The lowest BCUT2D eigenvalue weighted by molar-refractivity contribution is -0.142. The molecule has 0 radical (unpaired) electrons. The Labute approximate surface area is 356 Å². The van der Waals surface area contributed by atoms with E-state index in [4.69, 9.17) is 0 Å². The van der Waals surface area contributed by atoms with Crippen molar-refractivity contribution in [3.05, 3.63) is 89.7 Å². The van der Waals surface area contributed by atoms with E-state index in [2.05, 4.69) is 31.6 Å². The van der Waals surface area contributed by atoms with E-state index in [1.807, 2.05) is 32.0 Å². The summed E-state index contributed by atoms with van der Waals surface area (Å²) in [6, 6.07) is 15.1. The van der Waals surface area contributed by atoms with E-state index in [1.54, 1.807) is 78.4 Å². The Morgan fingerprint density at radius 1 is 0.836 bits per heavy atom. The zero-order chi connectivity index (χ0) is 44.5. The fourth-order valence-corrected chi connectivity index (χ4v) is 7.08. The number of aryl methyl sites for hydroxylation is 1. The van der Waals surface area contributed by atoms with Crippen LogP contribution >= 0.6 is 0 Å². The number of pyridine rings is 1.